The highest BCUT2D eigenvalue weighted by Gasteiger charge is 2.11. The largest absolute Gasteiger partial charge is 0.373 e. The molecule has 0 rings (SSSR count). The molecule has 0 radical (unpaired) electrons. The summed E-state index contributed by atoms with van der Waals surface area (Å²) in [6.45, 7) is 20.6. The van der Waals surface area contributed by atoms with Crippen LogP contribution < -0.4 is 5.73 Å². The van der Waals surface area contributed by atoms with Gasteiger partial charge in [-0.3, -0.25) is 0 Å². The molecule has 0 heterocycles. The Balaban J connectivity index is 6.74. The van der Waals surface area contributed by atoms with Crippen LogP contribution in [-0.2, 0) is 0 Å². The van der Waals surface area contributed by atoms with Crippen molar-refractivity contribution in [3.05, 3.63) is 97.8 Å². The van der Waals surface area contributed by atoms with Gasteiger partial charge in [-0.05, 0) is 24.1 Å². The minimum absolute atomic E-state index is 0.241. The van der Waals surface area contributed by atoms with Gasteiger partial charge in [-0.25, -0.2) is 4.99 Å². The zero-order valence-corrected chi connectivity index (χ0v) is 13.1. The molecule has 0 bridgehead atoms. The second-order valence-electron chi connectivity index (χ2n) is 4.18. The smallest absolute Gasteiger partial charge is 0.145 e. The first kappa shape index (κ1) is 19.5. The molecule has 3 N–H and O–H groups in total. The highest BCUT2D eigenvalue weighted by Crippen LogP contribution is 2.25. The van der Waals surface area contributed by atoms with Crippen LogP contribution in [-0.4, -0.2) is 17.0 Å². The molecule has 1 unspecified atom stereocenters. The van der Waals surface area contributed by atoms with Crippen molar-refractivity contribution < 1.29 is 5.11 Å². The van der Waals surface area contributed by atoms with Crippen molar-refractivity contribution in [2.75, 3.05) is 0 Å². The van der Waals surface area contributed by atoms with Crippen LogP contribution in [0.2, 0.25) is 0 Å². The van der Waals surface area contributed by atoms with Gasteiger partial charge in [0.2, 0.25) is 0 Å². The van der Waals surface area contributed by atoms with Crippen LogP contribution in [0, 0.1) is 0 Å². The van der Waals surface area contributed by atoms with E-state index in [1.807, 2.05) is 19.1 Å². The fraction of sp³-hybridized carbons (Fsp3) is 0.105. The number of rotatable bonds is 9. The van der Waals surface area contributed by atoms with E-state index in [9.17, 15) is 5.11 Å². The Morgan fingerprint density at radius 2 is 1.45 bits per heavy atom. The van der Waals surface area contributed by atoms with Crippen molar-refractivity contribution in [3.8, 4) is 0 Å². The normalized spacial score (nSPS) is 12.2. The highest BCUT2D eigenvalue weighted by atomic mass is 16.3. The predicted molar refractivity (Wildman–Crippen MR) is 97.5 cm³/mol. The minimum atomic E-state index is -1.23. The van der Waals surface area contributed by atoms with Crippen molar-refractivity contribution in [2.45, 2.75) is 13.2 Å². The molecule has 0 saturated carbocycles. The third kappa shape index (κ3) is 5.13. The van der Waals surface area contributed by atoms with E-state index in [4.69, 9.17) is 5.73 Å². The number of aliphatic imine (C=N–C) groups is 1. The topological polar surface area (TPSA) is 58.6 Å². The summed E-state index contributed by atoms with van der Waals surface area (Å²) in [6, 6.07) is 0. The lowest BCUT2D eigenvalue weighted by Crippen LogP contribution is -2.28. The number of hydrogen-bond acceptors (Lipinski definition) is 3. The van der Waals surface area contributed by atoms with Crippen LogP contribution in [0.3, 0.4) is 0 Å². The molecule has 0 aliphatic heterocycles. The van der Waals surface area contributed by atoms with Crippen LogP contribution in [0.25, 0.3) is 0 Å². The van der Waals surface area contributed by atoms with Gasteiger partial charge in [0.05, 0.1) is 11.4 Å². The monoisotopic (exact) mass is 296 g/mol. The summed E-state index contributed by atoms with van der Waals surface area (Å²) in [5.41, 5.74) is 8.53. The molecule has 3 nitrogen and oxygen atoms in total. The van der Waals surface area contributed by atoms with E-state index in [0.717, 1.165) is 11.1 Å². The van der Waals surface area contributed by atoms with Gasteiger partial charge in [-0.15, -0.1) is 0 Å². The molecule has 0 aromatic rings. The zero-order valence-electron chi connectivity index (χ0n) is 13.1. The molecule has 0 aliphatic carbocycles. The summed E-state index contributed by atoms with van der Waals surface area (Å²) in [5.74, 6) is 0. The quantitative estimate of drug-likeness (QED) is 0.386. The van der Waals surface area contributed by atoms with Crippen molar-refractivity contribution in [1.29, 1.82) is 0 Å². The maximum atomic E-state index is 9.58. The Bertz CT molecular complexity index is 565. The Kier molecular flexibility index (Phi) is 9.11. The third-order valence-corrected chi connectivity index (χ3v) is 2.81. The van der Waals surface area contributed by atoms with Gasteiger partial charge in [0.15, 0.2) is 0 Å². The summed E-state index contributed by atoms with van der Waals surface area (Å²) < 4.78 is 0. The maximum absolute atomic E-state index is 9.58. The van der Waals surface area contributed by atoms with Crippen molar-refractivity contribution in [2.24, 2.45) is 10.7 Å². The lowest BCUT2D eigenvalue weighted by atomic mass is 9.99. The van der Waals surface area contributed by atoms with E-state index in [1.54, 1.807) is 24.3 Å². The third-order valence-electron chi connectivity index (χ3n) is 2.81. The average molecular weight is 296 g/mol. The van der Waals surface area contributed by atoms with Crippen LogP contribution in [0.4, 0.5) is 0 Å². The van der Waals surface area contributed by atoms with Crippen LogP contribution >= 0.6 is 0 Å². The van der Waals surface area contributed by atoms with Crippen LogP contribution in [0.1, 0.15) is 6.92 Å². The average Bonchev–Trinajstić information content (AvgIpc) is 2.51. The second-order valence-corrected chi connectivity index (χ2v) is 4.18. The molecule has 1 atom stereocenters. The summed E-state index contributed by atoms with van der Waals surface area (Å²) in [6.07, 6.45) is 10.5. The second kappa shape index (κ2) is 10.3. The molecule has 0 amide bonds. The van der Waals surface area contributed by atoms with Gasteiger partial charge < -0.3 is 10.8 Å². The van der Waals surface area contributed by atoms with Gasteiger partial charge in [0.25, 0.3) is 0 Å². The molecule has 22 heavy (non-hydrogen) atoms. The van der Waals surface area contributed by atoms with E-state index in [1.165, 1.54) is 6.08 Å². The number of allylic oxidation sites excluding steroid dienone is 8. The lowest BCUT2D eigenvalue weighted by Gasteiger charge is -2.13. The molecule has 0 aromatic carbocycles. The molecule has 0 fully saturated rings. The number of nitrogens with two attached hydrogens (primary N) is 1. The van der Waals surface area contributed by atoms with Gasteiger partial charge >= 0.3 is 0 Å². The summed E-state index contributed by atoms with van der Waals surface area (Å²) in [4.78, 5) is 4.43. The standard InChI is InChI=1S/C19H24N2O/c1-7-13-16(14(8-2)9-3)18(15(10-4)11-5)21-17(12-6)19(20)22/h7-13,19,22H,2-6,20H2,1H3/b13-7-,21-17?. The summed E-state index contributed by atoms with van der Waals surface area (Å²) in [7, 11) is 0. The van der Waals surface area contributed by atoms with Crippen molar-refractivity contribution in [3.63, 3.8) is 0 Å². The first-order valence-corrected chi connectivity index (χ1v) is 6.76. The molecule has 0 aromatic heterocycles. The summed E-state index contributed by atoms with van der Waals surface area (Å²) >= 11 is 0. The molecular formula is C19H24N2O. The zero-order chi connectivity index (χ0) is 17.1. The van der Waals surface area contributed by atoms with E-state index < -0.39 is 6.23 Å². The maximum Gasteiger partial charge on any atom is 0.145 e. The Morgan fingerprint density at radius 3 is 1.77 bits per heavy atom. The number of aliphatic hydroxyl groups is 1. The van der Waals surface area contributed by atoms with Crippen LogP contribution in [0.15, 0.2) is 103 Å². The van der Waals surface area contributed by atoms with Crippen LogP contribution in [0.5, 0.6) is 0 Å². The molecule has 0 saturated heterocycles. The highest BCUT2D eigenvalue weighted by molar-refractivity contribution is 5.98. The van der Waals surface area contributed by atoms with E-state index in [0.29, 0.717) is 11.3 Å². The molecule has 3 heteroatoms. The summed E-state index contributed by atoms with van der Waals surface area (Å²) in [5, 5.41) is 9.58. The van der Waals surface area contributed by atoms with Gasteiger partial charge in [-0.2, -0.15) is 0 Å². The fourth-order valence-electron chi connectivity index (χ4n) is 1.70. The van der Waals surface area contributed by atoms with E-state index >= 15 is 0 Å². The molecule has 0 spiro atoms. The number of nitrogens with zero attached hydrogens (tertiary/aromatic N) is 1. The van der Waals surface area contributed by atoms with Crippen molar-refractivity contribution in [1.82, 2.24) is 0 Å². The predicted octanol–water partition coefficient (Wildman–Crippen LogP) is 3.76. The molecule has 116 valence electrons. The van der Waals surface area contributed by atoms with Gasteiger partial charge in [0, 0.05) is 5.57 Å². The first-order valence-electron chi connectivity index (χ1n) is 6.76. The Hall–Kier alpha value is -2.49. The Labute approximate surface area is 133 Å². The first-order chi connectivity index (χ1) is 10.5. The SMILES string of the molecule is C=CC(=NC(=C(C=C)C=C)C(/C=C\C)=C(C=C)C=C)C(N)O. The molecular weight excluding hydrogens is 272 g/mol. The van der Waals surface area contributed by atoms with E-state index in [-0.39, 0.29) is 5.71 Å². The number of aliphatic hydroxyl groups excluding tert-OH is 1. The number of hydrogen-bond donors (Lipinski definition) is 2. The minimum Gasteiger partial charge on any atom is -0.373 e. The molecule has 0 aliphatic rings. The van der Waals surface area contributed by atoms with Gasteiger partial charge in [0.1, 0.15) is 6.23 Å². The van der Waals surface area contributed by atoms with Crippen molar-refractivity contribution >= 4 is 5.71 Å². The van der Waals surface area contributed by atoms with Gasteiger partial charge in [-0.1, -0.05) is 69.4 Å². The lowest BCUT2D eigenvalue weighted by molar-refractivity contribution is 0.251. The fourth-order valence-corrected chi connectivity index (χ4v) is 1.70. The van der Waals surface area contributed by atoms with E-state index in [2.05, 4.69) is 37.9 Å². The Morgan fingerprint density at radius 1 is 0.955 bits per heavy atom.